The van der Waals surface area contributed by atoms with E-state index in [-0.39, 0.29) is 47.5 Å². The third kappa shape index (κ3) is 7.56. The van der Waals surface area contributed by atoms with E-state index >= 15 is 0 Å². The Morgan fingerprint density at radius 3 is 2.66 bits per heavy atom. The Balaban J connectivity index is 1.48. The van der Waals surface area contributed by atoms with E-state index in [1.54, 1.807) is 0 Å². The van der Waals surface area contributed by atoms with E-state index < -0.39 is 35.4 Å². The summed E-state index contributed by atoms with van der Waals surface area (Å²) in [6.45, 7) is 2.95. The number of halogens is 5. The van der Waals surface area contributed by atoms with E-state index in [1.807, 2.05) is 25.9 Å². The molecule has 1 atom stereocenters. The molecule has 0 amide bonds. The summed E-state index contributed by atoms with van der Waals surface area (Å²) >= 11 is 0. The number of carbonyl (C=O) groups is 1. The van der Waals surface area contributed by atoms with E-state index in [9.17, 15) is 26.7 Å². The SMILES string of the molecule is CCCOc1ccc(-c2cc(C(C(=O)OCCCCN(C)C)n3cnc4c3C=CN(c3cccc(F)c3F)N4)on2)c(C(F)(F)F)c1. The molecule has 250 valence electrons. The van der Waals surface area contributed by atoms with Gasteiger partial charge in [0.05, 0.1) is 30.8 Å². The van der Waals surface area contributed by atoms with Crippen LogP contribution in [0.2, 0.25) is 0 Å². The largest absolute Gasteiger partial charge is 0.494 e. The van der Waals surface area contributed by atoms with Crippen molar-refractivity contribution in [2.24, 2.45) is 0 Å². The highest BCUT2D eigenvalue weighted by Gasteiger charge is 2.37. The predicted octanol–water partition coefficient (Wildman–Crippen LogP) is 6.92. The summed E-state index contributed by atoms with van der Waals surface area (Å²) in [6, 6.07) is 7.14. The van der Waals surface area contributed by atoms with E-state index in [0.29, 0.717) is 18.5 Å². The first-order chi connectivity index (χ1) is 22.5. The maximum absolute atomic E-state index is 14.5. The summed E-state index contributed by atoms with van der Waals surface area (Å²) in [4.78, 5) is 19.9. The molecule has 0 saturated heterocycles. The Morgan fingerprint density at radius 1 is 1.11 bits per heavy atom. The molecule has 10 nitrogen and oxygen atoms in total. The number of ether oxygens (including phenoxy) is 2. The molecule has 5 rings (SSSR count). The van der Waals surface area contributed by atoms with Gasteiger partial charge in [-0.1, -0.05) is 18.1 Å². The molecule has 1 N–H and O–H groups in total. The third-order valence-corrected chi connectivity index (χ3v) is 7.22. The fourth-order valence-electron chi connectivity index (χ4n) is 4.93. The number of rotatable bonds is 13. The number of hydrogen-bond donors (Lipinski definition) is 1. The van der Waals surface area contributed by atoms with Gasteiger partial charge in [-0.15, -0.1) is 0 Å². The summed E-state index contributed by atoms with van der Waals surface area (Å²) in [5, 5.41) is 5.11. The number of alkyl halides is 3. The summed E-state index contributed by atoms with van der Waals surface area (Å²) in [7, 11) is 3.85. The highest BCUT2D eigenvalue weighted by molar-refractivity contribution is 5.80. The number of aromatic nitrogens is 3. The van der Waals surface area contributed by atoms with Gasteiger partial charge >= 0.3 is 12.1 Å². The van der Waals surface area contributed by atoms with Crippen molar-refractivity contribution < 1.29 is 40.7 Å². The number of benzene rings is 2. The summed E-state index contributed by atoms with van der Waals surface area (Å²) in [5.41, 5.74) is 1.67. The fraction of sp³-hybridized carbons (Fsp3) is 0.344. The minimum atomic E-state index is -4.74. The molecule has 2 aromatic carbocycles. The molecular weight excluding hydrogens is 627 g/mol. The fourth-order valence-corrected chi connectivity index (χ4v) is 4.93. The van der Waals surface area contributed by atoms with Crippen molar-refractivity contribution in [3.8, 4) is 17.0 Å². The van der Waals surface area contributed by atoms with Gasteiger partial charge in [0, 0.05) is 17.8 Å². The standard InChI is InChI=1S/C32H33F5N6O4/c1-4-15-45-20-10-11-21(22(17-20)32(35,36)37)24-18-27(47-40-24)29(31(44)46-16-6-5-13-41(2)3)42-19-38-30-26(42)12-14-43(39-30)25-9-7-8-23(33)28(25)34/h7-12,14,17-19,29,39H,4-6,13,15-16H2,1-3H3. The zero-order valence-electron chi connectivity index (χ0n) is 25.9. The van der Waals surface area contributed by atoms with Crippen LogP contribution in [0.15, 0.2) is 59.5 Å². The van der Waals surface area contributed by atoms with Gasteiger partial charge < -0.3 is 23.5 Å². The van der Waals surface area contributed by atoms with Crippen LogP contribution in [-0.4, -0.2) is 59.4 Å². The van der Waals surface area contributed by atoms with Gasteiger partial charge in [-0.2, -0.15) is 13.2 Å². The van der Waals surface area contributed by atoms with E-state index in [0.717, 1.165) is 25.1 Å². The number of hydrogen-bond acceptors (Lipinski definition) is 9. The molecule has 1 aliphatic heterocycles. The number of hydrazine groups is 1. The van der Waals surface area contributed by atoms with Crippen molar-refractivity contribution in [1.82, 2.24) is 19.6 Å². The van der Waals surface area contributed by atoms with Crippen LogP contribution >= 0.6 is 0 Å². The second kappa shape index (κ2) is 14.2. The first kappa shape index (κ1) is 33.4. The molecule has 0 aliphatic carbocycles. The molecule has 1 aliphatic rings. The normalized spacial score (nSPS) is 13.4. The number of anilines is 2. The molecule has 0 bridgehead atoms. The minimum Gasteiger partial charge on any atom is -0.494 e. The molecule has 1 unspecified atom stereocenters. The summed E-state index contributed by atoms with van der Waals surface area (Å²) < 4.78 is 88.6. The van der Waals surface area contributed by atoms with E-state index in [2.05, 4.69) is 15.6 Å². The van der Waals surface area contributed by atoms with Gasteiger partial charge in [0.15, 0.2) is 29.3 Å². The molecule has 47 heavy (non-hydrogen) atoms. The Morgan fingerprint density at radius 2 is 1.91 bits per heavy atom. The number of unbranched alkanes of at least 4 members (excludes halogenated alkanes) is 1. The van der Waals surface area contributed by atoms with Gasteiger partial charge in [0.1, 0.15) is 17.1 Å². The highest BCUT2D eigenvalue weighted by atomic mass is 19.4. The van der Waals surface area contributed by atoms with Crippen molar-refractivity contribution >= 4 is 23.6 Å². The van der Waals surface area contributed by atoms with Gasteiger partial charge in [-0.3, -0.25) is 10.4 Å². The Bertz CT molecular complexity index is 1730. The Labute approximate surface area is 267 Å². The lowest BCUT2D eigenvalue weighted by atomic mass is 10.0. The maximum atomic E-state index is 14.5. The van der Waals surface area contributed by atoms with Crippen LogP contribution < -0.4 is 15.2 Å². The average molecular weight is 661 g/mol. The number of imidazole rings is 1. The predicted molar refractivity (Wildman–Crippen MR) is 163 cm³/mol. The number of fused-ring (bicyclic) bond motifs is 1. The monoisotopic (exact) mass is 660 g/mol. The van der Waals surface area contributed by atoms with Crippen LogP contribution in [0.25, 0.3) is 17.3 Å². The molecular formula is C32H33F5N6O4. The number of nitrogens with one attached hydrogen (secondary N) is 1. The second-order valence-corrected chi connectivity index (χ2v) is 11.0. The lowest BCUT2D eigenvalue weighted by Crippen LogP contribution is -2.29. The second-order valence-electron chi connectivity index (χ2n) is 11.0. The molecule has 3 heterocycles. The molecule has 15 heteroatoms. The first-order valence-electron chi connectivity index (χ1n) is 14.8. The van der Waals surface area contributed by atoms with Gasteiger partial charge in [0.25, 0.3) is 0 Å². The van der Waals surface area contributed by atoms with Gasteiger partial charge in [-0.25, -0.2) is 18.6 Å². The van der Waals surface area contributed by atoms with Crippen LogP contribution in [0.5, 0.6) is 5.75 Å². The molecule has 0 spiro atoms. The number of carbonyl (C=O) groups excluding carboxylic acids is 1. The van der Waals surface area contributed by atoms with Crippen molar-refractivity contribution in [3.05, 3.63) is 83.6 Å². The topological polar surface area (TPSA) is 97.9 Å². The van der Waals surface area contributed by atoms with Gasteiger partial charge in [0.2, 0.25) is 0 Å². The smallest absolute Gasteiger partial charge is 0.417 e. The quantitative estimate of drug-likeness (QED) is 0.0932. The molecule has 2 aromatic heterocycles. The maximum Gasteiger partial charge on any atom is 0.417 e. The molecule has 0 saturated carbocycles. The first-order valence-corrected chi connectivity index (χ1v) is 14.8. The molecule has 0 fully saturated rings. The highest BCUT2D eigenvalue weighted by Crippen LogP contribution is 2.40. The number of esters is 1. The van der Waals surface area contributed by atoms with E-state index in [4.69, 9.17) is 14.0 Å². The molecule has 0 radical (unpaired) electrons. The van der Waals surface area contributed by atoms with Crippen LogP contribution in [-0.2, 0) is 15.7 Å². The van der Waals surface area contributed by atoms with Crippen molar-refractivity contribution in [3.63, 3.8) is 0 Å². The lowest BCUT2D eigenvalue weighted by molar-refractivity contribution is -0.147. The van der Waals surface area contributed by atoms with Crippen LogP contribution in [0.3, 0.4) is 0 Å². The van der Waals surface area contributed by atoms with Crippen molar-refractivity contribution in [2.75, 3.05) is 44.3 Å². The average Bonchev–Trinajstić information content (AvgIpc) is 3.68. The van der Waals surface area contributed by atoms with Crippen LogP contribution in [0, 0.1) is 11.6 Å². The van der Waals surface area contributed by atoms with Crippen LogP contribution in [0.1, 0.15) is 49.2 Å². The van der Waals surface area contributed by atoms with Crippen molar-refractivity contribution in [1.29, 1.82) is 0 Å². The summed E-state index contributed by atoms with van der Waals surface area (Å²) in [6.07, 6.45) is 1.42. The summed E-state index contributed by atoms with van der Waals surface area (Å²) in [5.74, 6) is -2.75. The number of nitrogens with zero attached hydrogens (tertiary/aromatic N) is 5. The zero-order chi connectivity index (χ0) is 33.7. The molecule has 4 aromatic rings. The minimum absolute atomic E-state index is 0.0545. The van der Waals surface area contributed by atoms with E-state index in [1.165, 1.54) is 58.5 Å². The Hall–Kier alpha value is -4.92. The third-order valence-electron chi connectivity index (χ3n) is 7.22. The Kier molecular flexibility index (Phi) is 10.1. The van der Waals surface area contributed by atoms with Crippen molar-refractivity contribution in [2.45, 2.75) is 38.4 Å². The lowest BCUT2D eigenvalue weighted by Gasteiger charge is -2.26. The van der Waals surface area contributed by atoms with Gasteiger partial charge in [-0.05, 0) is 76.3 Å². The van der Waals surface area contributed by atoms with Crippen LogP contribution in [0.4, 0.5) is 33.5 Å². The zero-order valence-corrected chi connectivity index (χ0v) is 25.9.